The van der Waals surface area contributed by atoms with Crippen LogP contribution in [0.5, 0.6) is 0 Å². The molecule has 12 heteroatoms. The summed E-state index contributed by atoms with van der Waals surface area (Å²) in [6, 6.07) is 0. The van der Waals surface area contributed by atoms with Gasteiger partial charge in [0.15, 0.2) is 11.2 Å². The first-order valence-electron chi connectivity index (χ1n) is 4.04. The molecule has 0 fully saturated rings. The van der Waals surface area contributed by atoms with Gasteiger partial charge in [0.05, 0.1) is 7.05 Å². The monoisotopic (exact) mass is 246 g/mol. The number of imidazole rings is 1. The number of aromatic nitrogens is 2. The summed E-state index contributed by atoms with van der Waals surface area (Å²) in [6.45, 7) is -0.524. The van der Waals surface area contributed by atoms with Crippen LogP contribution in [0.4, 0.5) is 11.8 Å². The summed E-state index contributed by atoms with van der Waals surface area (Å²) in [5.41, 5.74) is 0. The van der Waals surface area contributed by atoms with Gasteiger partial charge < -0.3 is 20.2 Å². The van der Waals surface area contributed by atoms with E-state index in [9.17, 15) is 30.3 Å². The molecular formula is C5H6N6O6. The van der Waals surface area contributed by atoms with Gasteiger partial charge in [0.25, 0.3) is 0 Å². The van der Waals surface area contributed by atoms with Crippen LogP contribution in [0, 0.1) is 30.3 Å². The first-order chi connectivity index (χ1) is 7.82. The van der Waals surface area contributed by atoms with Crippen LogP contribution in [0.2, 0.25) is 0 Å². The van der Waals surface area contributed by atoms with Crippen molar-refractivity contribution in [1.29, 1.82) is 0 Å². The first kappa shape index (κ1) is 12.3. The molecule has 0 aromatic carbocycles. The molecule has 1 rings (SSSR count). The number of hydrogen-bond donors (Lipinski definition) is 0. The van der Waals surface area contributed by atoms with E-state index in [0.29, 0.717) is 9.58 Å². The molecule has 0 unspecified atom stereocenters. The van der Waals surface area contributed by atoms with Crippen LogP contribution in [0.1, 0.15) is 0 Å². The Hall–Kier alpha value is -2.79. The van der Waals surface area contributed by atoms with Crippen molar-refractivity contribution >= 4 is 11.8 Å². The predicted molar refractivity (Wildman–Crippen MR) is 50.3 cm³/mol. The molecular weight excluding hydrogens is 240 g/mol. The highest BCUT2D eigenvalue weighted by Crippen LogP contribution is 2.17. The molecule has 1 aromatic rings. The van der Waals surface area contributed by atoms with E-state index < -0.39 is 33.3 Å². The molecule has 0 saturated heterocycles. The minimum atomic E-state index is -0.958. The molecule has 1 heterocycles. The van der Waals surface area contributed by atoms with Crippen LogP contribution in [0.3, 0.4) is 0 Å². The summed E-state index contributed by atoms with van der Waals surface area (Å²) >= 11 is 0. The molecule has 0 aliphatic rings. The summed E-state index contributed by atoms with van der Waals surface area (Å²) < 4.78 is 0.709. The van der Waals surface area contributed by atoms with E-state index in [1.165, 1.54) is 0 Å². The Labute approximate surface area is 92.5 Å². The molecule has 0 bridgehead atoms. The molecule has 0 saturated carbocycles. The van der Waals surface area contributed by atoms with Crippen molar-refractivity contribution in [3.63, 3.8) is 0 Å². The highest BCUT2D eigenvalue weighted by atomic mass is 16.7. The standard InChI is InChI=1S/C5H6N6O6/c1-7(11(16)17)3-8-2-4(9(12)13)6-5(8)10(14)15/h2H,3H2,1H3. The number of nitrogens with zero attached hydrogens (tertiary/aromatic N) is 6. The Bertz CT molecular complexity index is 481. The molecule has 0 aliphatic heterocycles. The second-order valence-corrected chi connectivity index (χ2v) is 2.92. The molecule has 92 valence electrons. The highest BCUT2D eigenvalue weighted by molar-refractivity contribution is 5.24. The summed E-state index contributed by atoms with van der Waals surface area (Å²) in [5, 5.41) is 30.9. The normalized spacial score (nSPS) is 9.94. The van der Waals surface area contributed by atoms with Gasteiger partial charge in [-0.2, -0.15) is 0 Å². The Balaban J connectivity index is 3.08. The van der Waals surface area contributed by atoms with Gasteiger partial charge in [-0.3, -0.25) is 0 Å². The Kier molecular flexibility index (Phi) is 3.16. The average Bonchev–Trinajstić information content (AvgIpc) is 2.61. The molecule has 1 aromatic heterocycles. The number of rotatable bonds is 5. The summed E-state index contributed by atoms with van der Waals surface area (Å²) in [7, 11) is 1.07. The van der Waals surface area contributed by atoms with E-state index >= 15 is 0 Å². The van der Waals surface area contributed by atoms with E-state index in [4.69, 9.17) is 0 Å². The minimum absolute atomic E-state index is 0.524. The summed E-state index contributed by atoms with van der Waals surface area (Å²) in [6.07, 6.45) is 0.762. The van der Waals surface area contributed by atoms with Gasteiger partial charge in [0.1, 0.15) is 0 Å². The SMILES string of the molecule is CN(Cn1cc([N+](=O)[O-])nc1[N+](=O)[O-])[N+](=O)[O-]. The molecule has 0 radical (unpaired) electrons. The second kappa shape index (κ2) is 4.38. The number of hydrazine groups is 1. The zero-order valence-corrected chi connectivity index (χ0v) is 8.42. The number of hydrogen-bond acceptors (Lipinski definition) is 7. The van der Waals surface area contributed by atoms with Crippen molar-refractivity contribution in [2.45, 2.75) is 6.67 Å². The molecule has 0 amide bonds. The van der Waals surface area contributed by atoms with Crippen molar-refractivity contribution < 1.29 is 14.9 Å². The lowest BCUT2D eigenvalue weighted by molar-refractivity contribution is -0.656. The van der Waals surface area contributed by atoms with Crippen molar-refractivity contribution in [2.75, 3.05) is 7.05 Å². The van der Waals surface area contributed by atoms with Crippen LogP contribution < -0.4 is 0 Å². The van der Waals surface area contributed by atoms with Gasteiger partial charge in [0.2, 0.25) is 6.67 Å². The zero-order valence-electron chi connectivity index (χ0n) is 8.42. The predicted octanol–water partition coefficient (Wildman–Crippen LogP) is -0.220. The minimum Gasteiger partial charge on any atom is -0.390 e. The largest absolute Gasteiger partial charge is 0.440 e. The fourth-order valence-electron chi connectivity index (χ4n) is 1.00. The van der Waals surface area contributed by atoms with Crippen molar-refractivity contribution in [1.82, 2.24) is 14.6 Å². The molecule has 12 nitrogen and oxygen atoms in total. The molecule has 0 aliphatic carbocycles. The van der Waals surface area contributed by atoms with Crippen molar-refractivity contribution in [3.8, 4) is 0 Å². The first-order valence-corrected chi connectivity index (χ1v) is 4.04. The number of nitro groups is 3. The quantitative estimate of drug-likeness (QED) is 0.510. The lowest BCUT2D eigenvalue weighted by Crippen LogP contribution is -2.28. The van der Waals surface area contributed by atoms with E-state index in [2.05, 4.69) is 4.98 Å². The third-order valence-electron chi connectivity index (χ3n) is 1.73. The van der Waals surface area contributed by atoms with Crippen LogP contribution in [-0.2, 0) is 6.67 Å². The molecule has 0 N–H and O–H groups in total. The smallest absolute Gasteiger partial charge is 0.390 e. The van der Waals surface area contributed by atoms with Gasteiger partial charge in [-0.25, -0.2) is 14.7 Å². The highest BCUT2D eigenvalue weighted by Gasteiger charge is 2.25. The lowest BCUT2D eigenvalue weighted by atomic mass is 10.7. The second-order valence-electron chi connectivity index (χ2n) is 2.92. The molecule has 0 spiro atoms. The van der Waals surface area contributed by atoms with Crippen LogP contribution >= 0.6 is 0 Å². The maximum atomic E-state index is 10.5. The van der Waals surface area contributed by atoms with Gasteiger partial charge in [-0.05, 0) is 14.8 Å². The van der Waals surface area contributed by atoms with Gasteiger partial charge >= 0.3 is 11.8 Å². The van der Waals surface area contributed by atoms with Crippen molar-refractivity contribution in [2.24, 2.45) is 0 Å². The van der Waals surface area contributed by atoms with Crippen LogP contribution in [0.25, 0.3) is 0 Å². The fourth-order valence-corrected chi connectivity index (χ4v) is 1.00. The Morgan fingerprint density at radius 2 is 1.88 bits per heavy atom. The third kappa shape index (κ3) is 2.61. The van der Waals surface area contributed by atoms with Crippen LogP contribution in [0.15, 0.2) is 6.20 Å². The maximum Gasteiger partial charge on any atom is 0.440 e. The van der Waals surface area contributed by atoms with Crippen molar-refractivity contribution in [3.05, 3.63) is 36.5 Å². The molecule has 0 atom stereocenters. The van der Waals surface area contributed by atoms with E-state index in [1.54, 1.807) is 0 Å². The summed E-state index contributed by atoms with van der Waals surface area (Å²) in [5.74, 6) is -1.57. The fraction of sp³-hybridized carbons (Fsp3) is 0.400. The van der Waals surface area contributed by atoms with E-state index in [1.807, 2.05) is 0 Å². The Morgan fingerprint density at radius 3 is 2.29 bits per heavy atom. The Morgan fingerprint density at radius 1 is 1.29 bits per heavy atom. The summed E-state index contributed by atoms with van der Waals surface area (Å²) in [4.78, 5) is 32.5. The van der Waals surface area contributed by atoms with E-state index in [-0.39, 0.29) is 0 Å². The zero-order chi connectivity index (χ0) is 13.2. The maximum absolute atomic E-state index is 10.5. The van der Waals surface area contributed by atoms with Gasteiger partial charge in [0, 0.05) is 0 Å². The third-order valence-corrected chi connectivity index (χ3v) is 1.73. The topological polar surface area (TPSA) is 150 Å². The average molecular weight is 246 g/mol. The van der Waals surface area contributed by atoms with Gasteiger partial charge in [-0.1, -0.05) is 5.01 Å². The van der Waals surface area contributed by atoms with Crippen LogP contribution in [-0.4, -0.2) is 36.5 Å². The van der Waals surface area contributed by atoms with E-state index in [0.717, 1.165) is 13.2 Å². The molecule has 17 heavy (non-hydrogen) atoms. The lowest BCUT2D eigenvalue weighted by Gasteiger charge is -2.06. The van der Waals surface area contributed by atoms with Gasteiger partial charge in [-0.15, -0.1) is 0 Å².